The van der Waals surface area contributed by atoms with Gasteiger partial charge in [-0.1, -0.05) is 406 Å². The van der Waals surface area contributed by atoms with E-state index in [-0.39, 0.29) is 0 Å². The SMILES string of the molecule is c1ccc(-c2ccc(-c3c4ccccc4c(-c4cc5cccc6oc7c8c(cc4c7c56)oc4ccccc48)c4ccccc34)c3ccccc23)cc1.c1ccc(-c2ccc3c(-c4c5ccccc5c(-c5cc6cccc7oc8c9c(cc5c8c67)oc5ccccc59)c5ccccc45)cccc3c2)cc1.c1ccc2c(-c3c4ccccc4c(-c4cc5cccc6oc7c8c(cc4c7c56)oc4ccccc48)c4ccccc34)cccc2c1. The summed E-state index contributed by atoms with van der Waals surface area (Å²) < 4.78 is 39.8. The first-order valence-electron chi connectivity index (χ1n) is 51.5. The van der Waals surface area contributed by atoms with Crippen LogP contribution in [0.25, 0.3) is 350 Å². The van der Waals surface area contributed by atoms with E-state index in [4.69, 9.17) is 26.5 Å². The number of para-hydroxylation sites is 3. The molecular formula is C144H80O6. The normalized spacial score (nSPS) is 12.3. The molecule has 0 unspecified atom stereocenters. The molecule has 35 aromatic rings. The van der Waals surface area contributed by atoms with Gasteiger partial charge in [0.05, 0.1) is 16.2 Å². The lowest BCUT2D eigenvalue weighted by atomic mass is 9.82. The Bertz CT molecular complexity index is 11800. The van der Waals surface area contributed by atoms with Crippen LogP contribution in [-0.4, -0.2) is 0 Å². The molecule has 0 aliphatic carbocycles. The molecule has 0 saturated carbocycles. The van der Waals surface area contributed by atoms with E-state index in [0.717, 1.165) is 132 Å². The molecule has 6 nitrogen and oxygen atoms in total. The Morgan fingerprint density at radius 2 is 0.353 bits per heavy atom. The van der Waals surface area contributed by atoms with Crippen LogP contribution < -0.4 is 0 Å². The maximum atomic E-state index is 6.76. The van der Waals surface area contributed by atoms with Gasteiger partial charge in [-0.2, -0.15) is 0 Å². The molecule has 0 spiro atoms. The Morgan fingerprint density at radius 3 is 0.720 bits per heavy atom. The second kappa shape index (κ2) is 31.8. The molecule has 0 radical (unpaired) electrons. The van der Waals surface area contributed by atoms with Crippen molar-refractivity contribution in [3.05, 3.63) is 485 Å². The van der Waals surface area contributed by atoms with E-state index in [0.29, 0.717) is 0 Å². The molecule has 0 bridgehead atoms. The molecule has 29 aromatic carbocycles. The van der Waals surface area contributed by atoms with Gasteiger partial charge in [0, 0.05) is 48.5 Å². The smallest absolute Gasteiger partial charge is 0.147 e. The van der Waals surface area contributed by atoms with Crippen LogP contribution in [0.1, 0.15) is 0 Å². The highest BCUT2D eigenvalue weighted by Gasteiger charge is 2.32. The Kier molecular flexibility index (Phi) is 17.5. The fourth-order valence-electron chi connectivity index (χ4n) is 26.2. The van der Waals surface area contributed by atoms with Crippen LogP contribution >= 0.6 is 0 Å². The van der Waals surface area contributed by atoms with Crippen molar-refractivity contribution >= 4 is 261 Å². The lowest BCUT2D eigenvalue weighted by molar-refractivity contribution is 0.662. The Morgan fingerprint density at radius 1 is 0.100 bits per heavy atom. The molecule has 6 aromatic heterocycles. The Labute approximate surface area is 855 Å². The van der Waals surface area contributed by atoms with E-state index in [1.807, 2.05) is 36.4 Å². The van der Waals surface area contributed by atoms with Crippen LogP contribution in [0.2, 0.25) is 0 Å². The standard InChI is InChI=1S/2C50H28O2.C44H24O2/c1-2-12-29(13-3-1)30-24-25-33-31(26-30)14-10-21-34(33)46-35-16-4-6-18-37(35)47(38-19-7-5-17-36(38)46)40-27-32-15-11-23-43-45(32)49-41(40)28-44-48(50(49)52-43)39-20-8-9-22-42(39)51-44;1-2-13-29(14-3-1)31-25-26-38(33-17-5-4-16-32(31)33)46-34-18-6-8-20-36(34)47(37-21-9-7-19-35(37)46)40-27-30-15-12-24-43-45(30)49-41(40)28-44-48(50(49)52-43)39-22-10-11-23-42(39)51-44;1-2-14-27-25(11-1)12-9-20-28(27)40-29-15-3-5-17-31(29)41(32-18-6-4-16-30(32)40)34-23-26-13-10-22-37-39(26)43-35(34)24-38-42(44(43)46-37)33-19-7-8-21-36(33)45-38/h2*1-28H;1-24H. The minimum atomic E-state index is 0.840. The monoisotopic (exact) mass is 1900 g/mol. The van der Waals surface area contributed by atoms with Crippen molar-refractivity contribution < 1.29 is 26.5 Å². The van der Waals surface area contributed by atoms with Gasteiger partial charge in [-0.15, -0.1) is 0 Å². The highest BCUT2D eigenvalue weighted by molar-refractivity contribution is 6.40. The minimum Gasteiger partial charge on any atom is -0.456 e. The molecule has 6 heteroatoms. The van der Waals surface area contributed by atoms with E-state index in [1.54, 1.807) is 0 Å². The zero-order valence-electron chi connectivity index (χ0n) is 80.6. The van der Waals surface area contributed by atoms with Crippen LogP contribution in [0.3, 0.4) is 0 Å². The van der Waals surface area contributed by atoms with E-state index in [1.165, 1.54) is 218 Å². The topological polar surface area (TPSA) is 78.8 Å². The maximum absolute atomic E-state index is 6.76. The summed E-state index contributed by atoms with van der Waals surface area (Å²) in [5.74, 6) is 0. The predicted octanol–water partition coefficient (Wildman–Crippen LogP) is 41.9. The first kappa shape index (κ1) is 82.5. The van der Waals surface area contributed by atoms with Crippen LogP contribution in [0.15, 0.2) is 512 Å². The van der Waals surface area contributed by atoms with Crippen molar-refractivity contribution in [2.75, 3.05) is 0 Å². The lowest BCUT2D eigenvalue weighted by Crippen LogP contribution is -1.93. The number of fused-ring (bicyclic) bond motifs is 21. The zero-order chi connectivity index (χ0) is 97.8. The zero-order valence-corrected chi connectivity index (χ0v) is 80.6. The van der Waals surface area contributed by atoms with Crippen LogP contribution in [0.4, 0.5) is 0 Å². The van der Waals surface area contributed by atoms with Gasteiger partial charge in [-0.25, -0.2) is 0 Å². The first-order chi connectivity index (χ1) is 74.4. The van der Waals surface area contributed by atoms with Crippen LogP contribution in [0, 0.1) is 0 Å². The highest BCUT2D eigenvalue weighted by atomic mass is 16.4. The van der Waals surface area contributed by atoms with E-state index >= 15 is 0 Å². The fourth-order valence-corrected chi connectivity index (χ4v) is 26.2. The number of rotatable bonds is 8. The summed E-state index contributed by atoms with van der Waals surface area (Å²) in [5.41, 5.74) is 30.2. The third-order valence-electron chi connectivity index (χ3n) is 32.4. The molecule has 0 N–H and O–H groups in total. The van der Waals surface area contributed by atoms with Gasteiger partial charge in [0.15, 0.2) is 0 Å². The molecule has 0 saturated heterocycles. The van der Waals surface area contributed by atoms with Crippen LogP contribution in [0.5, 0.6) is 0 Å². The summed E-state index contributed by atoms with van der Waals surface area (Å²) >= 11 is 0. The molecule has 6 heterocycles. The van der Waals surface area contributed by atoms with Gasteiger partial charge in [-0.05, 0) is 297 Å². The van der Waals surface area contributed by atoms with Crippen molar-refractivity contribution in [3.8, 4) is 89.0 Å². The molecule has 35 rings (SSSR count). The van der Waals surface area contributed by atoms with Crippen molar-refractivity contribution in [2.24, 2.45) is 0 Å². The molecule has 0 aliphatic heterocycles. The summed E-state index contributed by atoms with van der Waals surface area (Å²) in [7, 11) is 0. The van der Waals surface area contributed by atoms with Crippen LogP contribution in [-0.2, 0) is 0 Å². The second-order valence-electron chi connectivity index (χ2n) is 40.2. The van der Waals surface area contributed by atoms with Gasteiger partial charge in [-0.3, -0.25) is 0 Å². The Hall–Kier alpha value is -19.9. The molecule has 0 amide bonds. The van der Waals surface area contributed by atoms with Crippen molar-refractivity contribution in [1.82, 2.24) is 0 Å². The maximum Gasteiger partial charge on any atom is 0.147 e. The Balaban J connectivity index is 0.0000000976. The summed E-state index contributed by atoms with van der Waals surface area (Å²) in [5, 5.41) is 42.5. The number of hydrogen-bond acceptors (Lipinski definition) is 6. The van der Waals surface area contributed by atoms with E-state index in [2.05, 4.69) is 449 Å². The van der Waals surface area contributed by atoms with Gasteiger partial charge in [0.1, 0.15) is 67.0 Å². The fraction of sp³-hybridized carbons (Fsp3) is 0. The average Bonchev–Trinajstić information content (AvgIpc) is 1.51. The highest BCUT2D eigenvalue weighted by Crippen LogP contribution is 2.58. The number of benzene rings is 29. The molecule has 150 heavy (non-hydrogen) atoms. The van der Waals surface area contributed by atoms with Gasteiger partial charge < -0.3 is 26.5 Å². The van der Waals surface area contributed by atoms with Gasteiger partial charge >= 0.3 is 0 Å². The number of furan rings is 6. The third kappa shape index (κ3) is 11.9. The molecular weight excluding hydrogens is 1830 g/mol. The van der Waals surface area contributed by atoms with E-state index < -0.39 is 0 Å². The van der Waals surface area contributed by atoms with Gasteiger partial charge in [0.2, 0.25) is 0 Å². The second-order valence-corrected chi connectivity index (χ2v) is 40.2. The lowest BCUT2D eigenvalue weighted by Gasteiger charge is -2.20. The van der Waals surface area contributed by atoms with Crippen molar-refractivity contribution in [1.29, 1.82) is 0 Å². The largest absolute Gasteiger partial charge is 0.456 e. The predicted molar refractivity (Wildman–Crippen MR) is 630 cm³/mol. The van der Waals surface area contributed by atoms with Gasteiger partial charge in [0.25, 0.3) is 0 Å². The molecule has 0 fully saturated rings. The van der Waals surface area contributed by atoms with E-state index in [9.17, 15) is 0 Å². The summed E-state index contributed by atoms with van der Waals surface area (Å²) in [6.07, 6.45) is 0. The minimum absolute atomic E-state index is 0.840. The first-order valence-corrected chi connectivity index (χ1v) is 51.5. The summed E-state index contributed by atoms with van der Waals surface area (Å²) in [6, 6.07) is 175. The molecule has 0 aliphatic rings. The molecule has 0 atom stereocenters. The van der Waals surface area contributed by atoms with Crippen molar-refractivity contribution in [2.45, 2.75) is 0 Å². The summed E-state index contributed by atoms with van der Waals surface area (Å²) in [6.45, 7) is 0. The average molecular weight is 1910 g/mol. The summed E-state index contributed by atoms with van der Waals surface area (Å²) in [4.78, 5) is 0. The molecule has 692 valence electrons. The number of hydrogen-bond donors (Lipinski definition) is 0. The quantitative estimate of drug-likeness (QED) is 0.111. The van der Waals surface area contributed by atoms with Crippen molar-refractivity contribution in [3.63, 3.8) is 0 Å². The third-order valence-corrected chi connectivity index (χ3v) is 32.4.